The summed E-state index contributed by atoms with van der Waals surface area (Å²) in [6.07, 6.45) is 3.46. The van der Waals surface area contributed by atoms with Gasteiger partial charge in [-0.1, -0.05) is 38.1 Å². The van der Waals surface area contributed by atoms with Gasteiger partial charge < -0.3 is 0 Å². The van der Waals surface area contributed by atoms with Crippen LogP contribution in [-0.2, 0) is 0 Å². The minimum atomic E-state index is -0.371. The first-order valence-electron chi connectivity index (χ1n) is 7.45. The van der Waals surface area contributed by atoms with Crippen molar-refractivity contribution in [1.82, 2.24) is 9.78 Å². The highest BCUT2D eigenvalue weighted by Gasteiger charge is 2.15. The van der Waals surface area contributed by atoms with Crippen LogP contribution >= 0.6 is 0 Å². The Morgan fingerprint density at radius 1 is 1.09 bits per heavy atom. The van der Waals surface area contributed by atoms with Crippen molar-refractivity contribution in [1.29, 1.82) is 0 Å². The van der Waals surface area contributed by atoms with Crippen molar-refractivity contribution in [2.45, 2.75) is 19.8 Å². The Kier molecular flexibility index (Phi) is 3.93. The van der Waals surface area contributed by atoms with Crippen LogP contribution in [-0.4, -0.2) is 14.7 Å². The van der Waals surface area contributed by atoms with Crippen molar-refractivity contribution in [2.75, 3.05) is 0 Å². The molecule has 116 valence electrons. The number of nitro benzene ring substituents is 1. The zero-order chi connectivity index (χ0) is 16.4. The molecule has 0 N–H and O–H groups in total. The summed E-state index contributed by atoms with van der Waals surface area (Å²) in [4.78, 5) is 10.8. The first-order valence-corrected chi connectivity index (χ1v) is 7.45. The van der Waals surface area contributed by atoms with Crippen LogP contribution in [0.3, 0.4) is 0 Å². The average Bonchev–Trinajstić information content (AvgIpc) is 3.04. The molecule has 0 amide bonds. The molecule has 0 unspecified atom stereocenters. The summed E-state index contributed by atoms with van der Waals surface area (Å²) in [5.74, 6) is 0.476. The van der Waals surface area contributed by atoms with E-state index >= 15 is 0 Å². The molecule has 1 heterocycles. The molecule has 3 aromatic rings. The standard InChI is InChI=1S/C18H17N3O2/c1-13(2)14-7-9-16(10-8-14)20-12-15(11-19-20)17-5-3-4-6-18(17)21(22)23/h3-13H,1-2H3. The molecule has 0 aliphatic rings. The molecule has 0 fully saturated rings. The summed E-state index contributed by atoms with van der Waals surface area (Å²) >= 11 is 0. The van der Waals surface area contributed by atoms with Crippen molar-refractivity contribution in [3.63, 3.8) is 0 Å². The first kappa shape index (κ1) is 15.0. The zero-order valence-corrected chi connectivity index (χ0v) is 13.0. The van der Waals surface area contributed by atoms with E-state index in [4.69, 9.17) is 0 Å². The second kappa shape index (κ2) is 6.04. The summed E-state index contributed by atoms with van der Waals surface area (Å²) < 4.78 is 1.73. The highest BCUT2D eigenvalue weighted by Crippen LogP contribution is 2.29. The van der Waals surface area contributed by atoms with Gasteiger partial charge in [-0.15, -0.1) is 0 Å². The fourth-order valence-corrected chi connectivity index (χ4v) is 2.49. The molecule has 2 aromatic carbocycles. The molecule has 3 rings (SSSR count). The van der Waals surface area contributed by atoms with Gasteiger partial charge in [0.2, 0.25) is 0 Å². The molecule has 5 heteroatoms. The lowest BCUT2D eigenvalue weighted by molar-refractivity contribution is -0.384. The Hall–Kier alpha value is -2.95. The van der Waals surface area contributed by atoms with Gasteiger partial charge in [0.15, 0.2) is 0 Å². The largest absolute Gasteiger partial charge is 0.277 e. The maximum Gasteiger partial charge on any atom is 0.277 e. The molecule has 23 heavy (non-hydrogen) atoms. The van der Waals surface area contributed by atoms with Crippen molar-refractivity contribution >= 4 is 5.69 Å². The lowest BCUT2D eigenvalue weighted by Crippen LogP contribution is -1.95. The minimum absolute atomic E-state index is 0.0854. The molecule has 0 atom stereocenters. The number of benzene rings is 2. The van der Waals surface area contributed by atoms with Crippen LogP contribution in [0.5, 0.6) is 0 Å². The third-order valence-corrected chi connectivity index (χ3v) is 3.82. The van der Waals surface area contributed by atoms with E-state index in [9.17, 15) is 10.1 Å². The number of para-hydroxylation sites is 1. The van der Waals surface area contributed by atoms with Crippen LogP contribution in [0.15, 0.2) is 60.9 Å². The van der Waals surface area contributed by atoms with Crippen molar-refractivity contribution in [3.05, 3.63) is 76.6 Å². The molecule has 0 spiro atoms. The first-order chi connectivity index (χ1) is 11.1. The van der Waals surface area contributed by atoms with E-state index in [0.717, 1.165) is 11.3 Å². The summed E-state index contributed by atoms with van der Waals surface area (Å²) in [6, 6.07) is 14.9. The number of nitrogens with zero attached hydrogens (tertiary/aromatic N) is 3. The summed E-state index contributed by atoms with van der Waals surface area (Å²) in [5, 5.41) is 15.5. The predicted molar refractivity (Wildman–Crippen MR) is 89.7 cm³/mol. The van der Waals surface area contributed by atoms with Crippen LogP contribution in [0.1, 0.15) is 25.3 Å². The highest BCUT2D eigenvalue weighted by molar-refractivity contribution is 5.72. The maximum atomic E-state index is 11.2. The van der Waals surface area contributed by atoms with Gasteiger partial charge in [0.1, 0.15) is 0 Å². The van der Waals surface area contributed by atoms with E-state index in [0.29, 0.717) is 11.5 Å². The average molecular weight is 307 g/mol. The van der Waals surface area contributed by atoms with Crippen LogP contribution < -0.4 is 0 Å². The molecule has 0 saturated carbocycles. The fraction of sp³-hybridized carbons (Fsp3) is 0.167. The van der Waals surface area contributed by atoms with Crippen molar-refractivity contribution in [3.8, 4) is 16.8 Å². The van der Waals surface area contributed by atoms with E-state index < -0.39 is 0 Å². The Labute approximate surface area is 134 Å². The summed E-state index contributed by atoms with van der Waals surface area (Å²) in [7, 11) is 0. The molecule has 0 aliphatic carbocycles. The van der Waals surface area contributed by atoms with Gasteiger partial charge in [0.25, 0.3) is 5.69 Å². The Morgan fingerprint density at radius 3 is 2.43 bits per heavy atom. The molecule has 0 saturated heterocycles. The van der Waals surface area contributed by atoms with Crippen LogP contribution in [0.2, 0.25) is 0 Å². The molecule has 1 aromatic heterocycles. The maximum absolute atomic E-state index is 11.2. The Balaban J connectivity index is 1.96. The van der Waals surface area contributed by atoms with Crippen molar-refractivity contribution < 1.29 is 4.92 Å². The summed E-state index contributed by atoms with van der Waals surface area (Å²) in [6.45, 7) is 4.30. The van der Waals surface area contributed by atoms with Gasteiger partial charge in [-0.05, 0) is 29.7 Å². The monoisotopic (exact) mass is 307 g/mol. The predicted octanol–water partition coefficient (Wildman–Crippen LogP) is 4.57. The normalized spacial score (nSPS) is 10.9. The van der Waals surface area contributed by atoms with E-state index in [1.54, 1.807) is 29.1 Å². The topological polar surface area (TPSA) is 61.0 Å². The Morgan fingerprint density at radius 2 is 1.78 bits per heavy atom. The molecule has 0 bridgehead atoms. The second-order valence-corrected chi connectivity index (χ2v) is 5.69. The number of nitro groups is 1. The SMILES string of the molecule is CC(C)c1ccc(-n2cc(-c3ccccc3[N+](=O)[O-])cn2)cc1. The van der Waals surface area contributed by atoms with Crippen molar-refractivity contribution in [2.24, 2.45) is 0 Å². The number of aromatic nitrogens is 2. The third-order valence-electron chi connectivity index (χ3n) is 3.82. The van der Waals surface area contributed by atoms with Gasteiger partial charge in [-0.2, -0.15) is 5.10 Å². The van der Waals surface area contributed by atoms with E-state index in [1.165, 1.54) is 11.6 Å². The fourth-order valence-electron chi connectivity index (χ4n) is 2.49. The van der Waals surface area contributed by atoms with Gasteiger partial charge in [0.05, 0.1) is 22.4 Å². The number of hydrogen-bond acceptors (Lipinski definition) is 3. The second-order valence-electron chi connectivity index (χ2n) is 5.69. The molecular weight excluding hydrogens is 290 g/mol. The smallest absolute Gasteiger partial charge is 0.258 e. The van der Waals surface area contributed by atoms with Crippen LogP contribution in [0.25, 0.3) is 16.8 Å². The van der Waals surface area contributed by atoms with E-state index in [2.05, 4.69) is 31.1 Å². The van der Waals surface area contributed by atoms with E-state index in [1.807, 2.05) is 18.3 Å². The van der Waals surface area contributed by atoms with Crippen LogP contribution in [0.4, 0.5) is 5.69 Å². The van der Waals surface area contributed by atoms with Gasteiger partial charge in [-0.3, -0.25) is 10.1 Å². The molecule has 0 radical (unpaired) electrons. The third kappa shape index (κ3) is 2.99. The number of hydrogen-bond donors (Lipinski definition) is 0. The lowest BCUT2D eigenvalue weighted by atomic mass is 10.0. The molecular formula is C18H17N3O2. The van der Waals surface area contributed by atoms with Gasteiger partial charge >= 0.3 is 0 Å². The van der Waals surface area contributed by atoms with E-state index in [-0.39, 0.29) is 10.6 Å². The Bertz CT molecular complexity index is 835. The quantitative estimate of drug-likeness (QED) is 0.524. The molecule has 5 nitrogen and oxygen atoms in total. The van der Waals surface area contributed by atoms with Gasteiger partial charge in [0, 0.05) is 17.8 Å². The lowest BCUT2D eigenvalue weighted by Gasteiger charge is -2.06. The zero-order valence-electron chi connectivity index (χ0n) is 13.0. The minimum Gasteiger partial charge on any atom is -0.258 e. The number of rotatable bonds is 4. The van der Waals surface area contributed by atoms with Gasteiger partial charge in [-0.25, -0.2) is 4.68 Å². The highest BCUT2D eigenvalue weighted by atomic mass is 16.6. The van der Waals surface area contributed by atoms with Crippen LogP contribution in [0, 0.1) is 10.1 Å². The molecule has 0 aliphatic heterocycles. The summed E-state index contributed by atoms with van der Waals surface area (Å²) in [5.41, 5.74) is 3.58.